The molecule has 1 N–H and O–H groups in total. The quantitative estimate of drug-likeness (QED) is 0.528. The number of benzene rings is 1. The summed E-state index contributed by atoms with van der Waals surface area (Å²) in [6.07, 6.45) is 1.70. The fourth-order valence-corrected chi connectivity index (χ4v) is 4.14. The number of amides is 1. The van der Waals surface area contributed by atoms with Gasteiger partial charge in [-0.3, -0.25) is 14.2 Å². The third-order valence-electron chi connectivity index (χ3n) is 4.72. The molecule has 0 radical (unpaired) electrons. The molecule has 0 aliphatic rings. The van der Waals surface area contributed by atoms with Crippen molar-refractivity contribution in [2.45, 2.75) is 39.8 Å². The van der Waals surface area contributed by atoms with Crippen molar-refractivity contribution in [1.29, 1.82) is 0 Å². The zero-order valence-corrected chi connectivity index (χ0v) is 17.0. The average Bonchev–Trinajstić information content (AvgIpc) is 3.27. The third-order valence-corrected chi connectivity index (χ3v) is 5.61. The first-order valence-corrected chi connectivity index (χ1v) is 10.3. The minimum atomic E-state index is -0.437. The molecule has 0 aliphatic carbocycles. The predicted molar refractivity (Wildman–Crippen MR) is 114 cm³/mol. The van der Waals surface area contributed by atoms with Gasteiger partial charge in [0.25, 0.3) is 5.56 Å². The van der Waals surface area contributed by atoms with Gasteiger partial charge >= 0.3 is 5.69 Å². The fourth-order valence-electron chi connectivity index (χ4n) is 3.31. The van der Waals surface area contributed by atoms with Crippen LogP contribution in [0, 0.1) is 6.92 Å². The van der Waals surface area contributed by atoms with Crippen molar-refractivity contribution in [2.24, 2.45) is 0 Å². The van der Waals surface area contributed by atoms with Crippen molar-refractivity contribution in [3.8, 4) is 0 Å². The van der Waals surface area contributed by atoms with Gasteiger partial charge in [0.1, 0.15) is 11.2 Å². The van der Waals surface area contributed by atoms with Crippen LogP contribution in [0.2, 0.25) is 0 Å². The van der Waals surface area contributed by atoms with Gasteiger partial charge in [0, 0.05) is 12.2 Å². The Balaban J connectivity index is 1.76. The van der Waals surface area contributed by atoms with Crippen LogP contribution < -0.4 is 16.6 Å². The molecule has 4 rings (SSSR count). The monoisotopic (exact) mass is 411 g/mol. The van der Waals surface area contributed by atoms with Gasteiger partial charge in [-0.1, -0.05) is 25.5 Å². The molecule has 0 bridgehead atoms. The summed E-state index contributed by atoms with van der Waals surface area (Å²) >= 11 is 1.30. The van der Waals surface area contributed by atoms with E-state index in [1.165, 1.54) is 20.3 Å². The molecule has 0 saturated carbocycles. The summed E-state index contributed by atoms with van der Waals surface area (Å²) < 4.78 is 4.57. The van der Waals surface area contributed by atoms with Crippen molar-refractivity contribution in [3.63, 3.8) is 0 Å². The Morgan fingerprint density at radius 2 is 2.07 bits per heavy atom. The Kier molecular flexibility index (Phi) is 5.06. The maximum atomic E-state index is 13.0. The number of hydrogen-bond acceptors (Lipinski definition) is 5. The van der Waals surface area contributed by atoms with Gasteiger partial charge in [0.15, 0.2) is 0 Å². The molecular formula is C20H21N5O3S. The molecule has 3 aromatic heterocycles. The maximum Gasteiger partial charge on any atom is 0.352 e. The lowest BCUT2D eigenvalue weighted by Gasteiger charge is -2.06. The van der Waals surface area contributed by atoms with E-state index in [1.54, 1.807) is 17.5 Å². The Bertz CT molecular complexity index is 1330. The van der Waals surface area contributed by atoms with Crippen molar-refractivity contribution >= 4 is 38.9 Å². The maximum absolute atomic E-state index is 13.0. The van der Waals surface area contributed by atoms with Crippen LogP contribution in [0.5, 0.6) is 0 Å². The second-order valence-electron chi connectivity index (χ2n) is 6.94. The predicted octanol–water partition coefficient (Wildman–Crippen LogP) is 2.62. The van der Waals surface area contributed by atoms with Gasteiger partial charge in [0.2, 0.25) is 11.7 Å². The fraction of sp³-hybridized carbons (Fsp3) is 0.300. The standard InChI is InChI=1S/C20H21N5O3S/c1-3-4-9-23-18(27)17-15(8-10-29-17)25-19(23)22-24(20(25)28)12-16(26)21-14-7-5-6-13(2)11-14/h5-8,10-11H,3-4,9,12H2,1-2H3,(H,21,26). The topological polar surface area (TPSA) is 90.4 Å². The molecule has 0 fully saturated rings. The Morgan fingerprint density at radius 1 is 1.24 bits per heavy atom. The third kappa shape index (κ3) is 3.49. The number of nitrogens with one attached hydrogen (secondary N) is 1. The van der Waals surface area contributed by atoms with Gasteiger partial charge in [-0.25, -0.2) is 13.9 Å². The van der Waals surface area contributed by atoms with Gasteiger partial charge in [0.05, 0.1) is 5.52 Å². The zero-order chi connectivity index (χ0) is 20.5. The first-order valence-electron chi connectivity index (χ1n) is 9.45. The van der Waals surface area contributed by atoms with Crippen LogP contribution in [0.25, 0.3) is 16.0 Å². The molecule has 1 aromatic carbocycles. The lowest BCUT2D eigenvalue weighted by molar-refractivity contribution is -0.117. The summed E-state index contributed by atoms with van der Waals surface area (Å²) in [5.41, 5.74) is 1.61. The number of carbonyl (C=O) groups excluding carboxylic acids is 1. The summed E-state index contributed by atoms with van der Waals surface area (Å²) in [4.78, 5) is 38.3. The van der Waals surface area contributed by atoms with Crippen LogP contribution in [0.15, 0.2) is 45.3 Å². The van der Waals surface area contributed by atoms with Crippen LogP contribution >= 0.6 is 11.3 Å². The van der Waals surface area contributed by atoms with Crippen LogP contribution in [0.4, 0.5) is 5.69 Å². The molecule has 29 heavy (non-hydrogen) atoms. The van der Waals surface area contributed by atoms with Crippen molar-refractivity contribution in [2.75, 3.05) is 5.32 Å². The molecule has 0 saturated heterocycles. The van der Waals surface area contributed by atoms with Gasteiger partial charge in [-0.05, 0) is 42.5 Å². The molecule has 0 atom stereocenters. The summed E-state index contributed by atoms with van der Waals surface area (Å²) in [5, 5.41) is 8.89. The lowest BCUT2D eigenvalue weighted by atomic mass is 10.2. The van der Waals surface area contributed by atoms with E-state index in [0.717, 1.165) is 23.1 Å². The number of fused-ring (bicyclic) bond motifs is 3. The highest BCUT2D eigenvalue weighted by Crippen LogP contribution is 2.17. The van der Waals surface area contributed by atoms with Crippen LogP contribution in [0.3, 0.4) is 0 Å². The van der Waals surface area contributed by atoms with Crippen LogP contribution in [-0.2, 0) is 17.9 Å². The van der Waals surface area contributed by atoms with Crippen molar-refractivity contribution in [3.05, 3.63) is 62.1 Å². The van der Waals surface area contributed by atoms with Crippen LogP contribution in [-0.4, -0.2) is 24.7 Å². The molecule has 8 nitrogen and oxygen atoms in total. The smallest absolute Gasteiger partial charge is 0.324 e. The number of thiophene rings is 1. The van der Waals surface area contributed by atoms with E-state index >= 15 is 0 Å². The molecule has 0 unspecified atom stereocenters. The normalized spacial score (nSPS) is 11.4. The number of nitrogens with zero attached hydrogens (tertiary/aromatic N) is 4. The van der Waals surface area contributed by atoms with E-state index in [-0.39, 0.29) is 23.8 Å². The average molecular weight is 411 g/mol. The Morgan fingerprint density at radius 3 is 2.83 bits per heavy atom. The van der Waals surface area contributed by atoms with Gasteiger partial charge in [-0.15, -0.1) is 16.4 Å². The minimum Gasteiger partial charge on any atom is -0.324 e. The number of carbonyl (C=O) groups is 1. The van der Waals surface area contributed by atoms with E-state index in [1.807, 2.05) is 32.0 Å². The summed E-state index contributed by atoms with van der Waals surface area (Å²) in [6.45, 7) is 4.21. The molecule has 3 heterocycles. The van der Waals surface area contributed by atoms with E-state index in [0.29, 0.717) is 22.4 Å². The molecule has 4 aromatic rings. The van der Waals surface area contributed by atoms with Gasteiger partial charge in [-0.2, -0.15) is 0 Å². The van der Waals surface area contributed by atoms with E-state index in [9.17, 15) is 14.4 Å². The molecule has 1 amide bonds. The van der Waals surface area contributed by atoms with Gasteiger partial charge < -0.3 is 5.32 Å². The second-order valence-corrected chi connectivity index (χ2v) is 7.85. The number of unbranched alkanes of at least 4 members (excludes halogenated alkanes) is 1. The number of aromatic nitrogens is 4. The highest BCUT2D eigenvalue weighted by Gasteiger charge is 2.19. The number of hydrogen-bond donors (Lipinski definition) is 1. The highest BCUT2D eigenvalue weighted by molar-refractivity contribution is 7.17. The largest absolute Gasteiger partial charge is 0.352 e. The highest BCUT2D eigenvalue weighted by atomic mass is 32.1. The second kappa shape index (κ2) is 7.67. The van der Waals surface area contributed by atoms with Crippen molar-refractivity contribution in [1.82, 2.24) is 18.7 Å². The van der Waals surface area contributed by atoms with Crippen LogP contribution in [0.1, 0.15) is 25.3 Å². The van der Waals surface area contributed by atoms with E-state index in [4.69, 9.17) is 0 Å². The minimum absolute atomic E-state index is 0.155. The zero-order valence-electron chi connectivity index (χ0n) is 16.2. The molecule has 9 heteroatoms. The molecule has 0 spiro atoms. The van der Waals surface area contributed by atoms with E-state index in [2.05, 4.69) is 10.4 Å². The Labute approximate surface area is 170 Å². The first kappa shape index (κ1) is 19.1. The van der Waals surface area contributed by atoms with Crippen molar-refractivity contribution < 1.29 is 4.79 Å². The lowest BCUT2D eigenvalue weighted by Crippen LogP contribution is -2.29. The summed E-state index contributed by atoms with van der Waals surface area (Å²) in [6, 6.07) is 9.15. The molecule has 0 aliphatic heterocycles. The number of rotatable bonds is 6. The first-order chi connectivity index (χ1) is 14.0. The number of anilines is 1. The molecular weight excluding hydrogens is 390 g/mol. The number of aryl methyl sites for hydroxylation is 2. The van der Waals surface area contributed by atoms with E-state index < -0.39 is 5.69 Å². The SMILES string of the molecule is CCCCn1c(=O)c2sccc2n2c(=O)n(CC(=O)Nc3cccc(C)c3)nc12. The molecule has 150 valence electrons. The Hall–Kier alpha value is -3.20. The summed E-state index contributed by atoms with van der Waals surface area (Å²) in [5.74, 6) is -0.0900. The summed E-state index contributed by atoms with van der Waals surface area (Å²) in [7, 11) is 0.